The lowest BCUT2D eigenvalue weighted by atomic mass is 10.1. The Balaban J connectivity index is 2.00. The van der Waals surface area contributed by atoms with Crippen LogP contribution < -0.4 is 5.73 Å². The summed E-state index contributed by atoms with van der Waals surface area (Å²) in [5.74, 6) is -3.05. The van der Waals surface area contributed by atoms with Crippen molar-refractivity contribution >= 4 is 71.2 Å². The number of nitro groups is 1. The number of hydrogen-bond acceptors (Lipinski definition) is 14. The number of rotatable bonds is 8. The Morgan fingerprint density at radius 1 is 0.976 bits per heavy atom. The number of phenols is 1. The number of non-ortho nitro benzene ring substituents is 1. The summed E-state index contributed by atoms with van der Waals surface area (Å²) in [6, 6.07) is 5.84. The van der Waals surface area contributed by atoms with E-state index in [0.29, 0.717) is 12.1 Å². The number of nitrogens with zero attached hydrogens (tertiary/aromatic N) is 6. The van der Waals surface area contributed by atoms with Crippen LogP contribution in [-0.4, -0.2) is 57.2 Å². The highest BCUT2D eigenvalue weighted by Gasteiger charge is 2.28. The van der Waals surface area contributed by atoms with E-state index in [1.165, 1.54) is 19.1 Å². The predicted molar refractivity (Wildman–Crippen MR) is 141 cm³/mol. The molecule has 0 amide bonds. The Kier molecular flexibility index (Phi) is 7.43. The minimum Gasteiger partial charge on any atom is -0.505 e. The maximum absolute atomic E-state index is 12.2. The van der Waals surface area contributed by atoms with E-state index in [1.807, 2.05) is 0 Å². The lowest BCUT2D eigenvalue weighted by Gasteiger charge is -2.14. The Morgan fingerprint density at radius 3 is 2.05 bits per heavy atom. The number of benzene rings is 3. The third kappa shape index (κ3) is 5.60. The number of aryl methyl sites for hydroxylation is 1. The van der Waals surface area contributed by atoms with Gasteiger partial charge in [-0.1, -0.05) is 0 Å². The summed E-state index contributed by atoms with van der Waals surface area (Å²) in [6.07, 6.45) is 0. The number of aromatic hydroxyl groups is 1. The molecular weight excluding hydrogens is 604 g/mol. The van der Waals surface area contributed by atoms with Crippen LogP contribution in [0.2, 0.25) is 0 Å². The molecule has 1 heterocycles. The largest absolute Gasteiger partial charge is 0.505 e. The number of phenolic OH excluding ortho intramolecular Hbond substituents is 1. The highest BCUT2D eigenvalue weighted by Crippen LogP contribution is 2.48. The molecule has 0 saturated carbocycles. The standard InChI is InChI=1S/C21H16N8O11S2/c1-8-14(21(31)32)20(27-23-8)28-26-18-13(42(38,39)40)7-9-6-12(41(35,36)37)17(16(22)15(9)19(18)30)25-24-10-2-4-11(5-3-10)29(33)34/h2-7,30H,22H2,1H3,(H,23,27)(H,31,32)(H,35,36,37)(H,38,39,40). The maximum Gasteiger partial charge on any atom is 0.341 e. The molecule has 21 heteroatoms. The molecule has 0 fully saturated rings. The van der Waals surface area contributed by atoms with Crippen LogP contribution in [0.4, 0.5) is 34.3 Å². The predicted octanol–water partition coefficient (Wildman–Crippen LogP) is 4.09. The quantitative estimate of drug-likeness (QED) is 0.0532. The molecule has 1 aromatic heterocycles. The van der Waals surface area contributed by atoms with E-state index in [1.54, 1.807) is 0 Å². The number of carboxylic acid groups (broad SMARTS) is 1. The number of hydrogen-bond donors (Lipinski definition) is 6. The highest BCUT2D eigenvalue weighted by molar-refractivity contribution is 7.86. The van der Waals surface area contributed by atoms with Crippen molar-refractivity contribution in [1.29, 1.82) is 0 Å². The second kappa shape index (κ2) is 10.5. The number of aromatic nitrogens is 2. The Labute approximate surface area is 233 Å². The van der Waals surface area contributed by atoms with E-state index in [-0.39, 0.29) is 17.1 Å². The van der Waals surface area contributed by atoms with Crippen LogP contribution in [0.1, 0.15) is 16.1 Å². The number of azo groups is 2. The molecule has 218 valence electrons. The first-order valence-corrected chi connectivity index (χ1v) is 13.8. The monoisotopic (exact) mass is 620 g/mol. The smallest absolute Gasteiger partial charge is 0.341 e. The van der Waals surface area contributed by atoms with Gasteiger partial charge in [0.05, 0.1) is 21.7 Å². The molecule has 4 rings (SSSR count). The molecule has 3 aromatic carbocycles. The van der Waals surface area contributed by atoms with Gasteiger partial charge in [0, 0.05) is 17.8 Å². The summed E-state index contributed by atoms with van der Waals surface area (Å²) in [7, 11) is -10.3. The second-order valence-corrected chi connectivity index (χ2v) is 11.1. The van der Waals surface area contributed by atoms with Crippen LogP contribution in [0.25, 0.3) is 10.8 Å². The molecule has 0 unspecified atom stereocenters. The van der Waals surface area contributed by atoms with Crippen LogP contribution in [0, 0.1) is 17.0 Å². The van der Waals surface area contributed by atoms with Gasteiger partial charge < -0.3 is 15.9 Å². The molecule has 0 bridgehead atoms. The van der Waals surface area contributed by atoms with E-state index < -0.39 is 85.9 Å². The minimum atomic E-state index is -5.20. The van der Waals surface area contributed by atoms with Crippen LogP contribution in [0.15, 0.2) is 66.6 Å². The number of nitrogen functional groups attached to an aromatic ring is 1. The van der Waals surface area contributed by atoms with Gasteiger partial charge >= 0.3 is 5.97 Å². The average Bonchev–Trinajstić information content (AvgIpc) is 3.26. The van der Waals surface area contributed by atoms with Crippen molar-refractivity contribution in [2.24, 2.45) is 20.5 Å². The van der Waals surface area contributed by atoms with Crippen molar-refractivity contribution < 1.29 is 45.9 Å². The molecule has 42 heavy (non-hydrogen) atoms. The fourth-order valence-corrected chi connectivity index (χ4v) is 5.02. The first kappa shape index (κ1) is 29.6. The van der Waals surface area contributed by atoms with E-state index >= 15 is 0 Å². The lowest BCUT2D eigenvalue weighted by molar-refractivity contribution is -0.384. The van der Waals surface area contributed by atoms with Crippen LogP contribution in [0.5, 0.6) is 5.75 Å². The fraction of sp³-hybridized carbons (Fsp3) is 0.0476. The number of carbonyl (C=O) groups is 1. The first-order valence-electron chi connectivity index (χ1n) is 10.9. The SMILES string of the molecule is Cc1[nH]nc(N=Nc2c(S(=O)(=O)O)cc3cc(S(=O)(=O)O)c(N=Nc4ccc([N+](=O)[O-])cc4)c(N)c3c2O)c1C(=O)O. The molecule has 0 aliphatic carbocycles. The van der Waals surface area contributed by atoms with Gasteiger partial charge in [0.1, 0.15) is 26.7 Å². The summed E-state index contributed by atoms with van der Waals surface area (Å²) in [5, 5.41) is 50.9. The lowest BCUT2D eigenvalue weighted by Crippen LogP contribution is -2.03. The molecule has 0 atom stereocenters. The van der Waals surface area contributed by atoms with Crippen molar-refractivity contribution in [3.05, 3.63) is 57.8 Å². The van der Waals surface area contributed by atoms with Crippen molar-refractivity contribution in [3.8, 4) is 5.75 Å². The maximum atomic E-state index is 12.2. The molecule has 0 aliphatic rings. The van der Waals surface area contributed by atoms with E-state index in [2.05, 4.69) is 30.7 Å². The van der Waals surface area contributed by atoms with Crippen molar-refractivity contribution in [3.63, 3.8) is 0 Å². The van der Waals surface area contributed by atoms with Crippen LogP contribution >= 0.6 is 0 Å². The average molecular weight is 621 g/mol. The normalized spacial score (nSPS) is 12.5. The molecule has 0 spiro atoms. The number of nitro benzene ring substituents is 1. The van der Waals surface area contributed by atoms with Crippen LogP contribution in [0.3, 0.4) is 0 Å². The van der Waals surface area contributed by atoms with E-state index in [0.717, 1.165) is 12.1 Å². The van der Waals surface area contributed by atoms with Crippen LogP contribution in [-0.2, 0) is 20.2 Å². The van der Waals surface area contributed by atoms with Gasteiger partial charge in [-0.3, -0.25) is 24.3 Å². The number of aromatic carboxylic acids is 1. The number of H-pyrrole nitrogens is 1. The molecule has 7 N–H and O–H groups in total. The Bertz CT molecular complexity index is 2070. The Hall–Kier alpha value is -5.38. The van der Waals surface area contributed by atoms with Gasteiger partial charge in [-0.05, 0) is 36.6 Å². The first-order chi connectivity index (χ1) is 19.5. The van der Waals surface area contributed by atoms with Crippen molar-refractivity contribution in [2.75, 3.05) is 5.73 Å². The topological polar surface area (TPSA) is 314 Å². The fourth-order valence-electron chi connectivity index (χ4n) is 3.70. The Morgan fingerprint density at radius 2 is 1.52 bits per heavy atom. The van der Waals surface area contributed by atoms with Gasteiger partial charge in [0.15, 0.2) is 5.75 Å². The number of aromatic amines is 1. The summed E-state index contributed by atoms with van der Waals surface area (Å²) in [6.45, 7) is 1.35. The van der Waals surface area contributed by atoms with Crippen molar-refractivity contribution in [1.82, 2.24) is 10.2 Å². The van der Waals surface area contributed by atoms with E-state index in [9.17, 15) is 51.1 Å². The van der Waals surface area contributed by atoms with Crippen molar-refractivity contribution in [2.45, 2.75) is 16.7 Å². The molecule has 0 aliphatic heterocycles. The molecule has 19 nitrogen and oxygen atoms in total. The second-order valence-electron chi connectivity index (χ2n) is 8.28. The zero-order valence-electron chi connectivity index (χ0n) is 20.7. The van der Waals surface area contributed by atoms with Gasteiger partial charge in [0.25, 0.3) is 25.9 Å². The highest BCUT2D eigenvalue weighted by atomic mass is 32.2. The minimum absolute atomic E-state index is 0.00894. The third-order valence-electron chi connectivity index (χ3n) is 5.58. The zero-order chi connectivity index (χ0) is 31.1. The summed E-state index contributed by atoms with van der Waals surface area (Å²) in [4.78, 5) is 19.6. The molecule has 0 saturated heterocycles. The molecule has 4 aromatic rings. The molecular formula is C21H16N8O11S2. The summed E-state index contributed by atoms with van der Waals surface area (Å²) in [5.41, 5.74) is 3.11. The van der Waals surface area contributed by atoms with E-state index in [4.69, 9.17) is 5.73 Å². The number of nitrogens with one attached hydrogen (secondary N) is 1. The number of carboxylic acids is 1. The number of nitrogens with two attached hydrogens (primary N) is 1. The summed E-state index contributed by atoms with van der Waals surface area (Å²) >= 11 is 0. The molecule has 0 radical (unpaired) electrons. The van der Waals surface area contributed by atoms with Gasteiger partial charge in [0.2, 0.25) is 5.82 Å². The van der Waals surface area contributed by atoms with Gasteiger partial charge in [-0.2, -0.15) is 27.0 Å². The summed E-state index contributed by atoms with van der Waals surface area (Å²) < 4.78 is 68.2. The van der Waals surface area contributed by atoms with Gasteiger partial charge in [-0.25, -0.2) is 4.79 Å². The number of anilines is 1. The van der Waals surface area contributed by atoms with Gasteiger partial charge in [-0.15, -0.1) is 15.3 Å². The third-order valence-corrected chi connectivity index (χ3v) is 7.32. The zero-order valence-corrected chi connectivity index (χ0v) is 22.3. The number of fused-ring (bicyclic) bond motifs is 1.